The van der Waals surface area contributed by atoms with Crippen molar-refractivity contribution < 1.29 is 0 Å². The van der Waals surface area contributed by atoms with Crippen molar-refractivity contribution in [3.05, 3.63) is 21.8 Å². The van der Waals surface area contributed by atoms with Gasteiger partial charge in [0, 0.05) is 11.8 Å². The van der Waals surface area contributed by atoms with Crippen molar-refractivity contribution in [2.75, 3.05) is 5.75 Å². The lowest BCUT2D eigenvalue weighted by Gasteiger charge is -2.06. The number of aromatic amines is 1. The average Bonchev–Trinajstić information content (AvgIpc) is 2.74. The molecule has 0 fully saturated rings. The van der Waals surface area contributed by atoms with Crippen LogP contribution in [0.5, 0.6) is 0 Å². The number of nitrogens with one attached hydrogen (secondary N) is 1. The number of nitrogens with two attached hydrogens (primary N) is 1. The molecule has 0 aromatic carbocycles. The zero-order valence-electron chi connectivity index (χ0n) is 8.90. The summed E-state index contributed by atoms with van der Waals surface area (Å²) >= 11 is 2.98. The van der Waals surface area contributed by atoms with Crippen molar-refractivity contribution in [1.82, 2.24) is 9.97 Å². The standard InChI is InChI=1S/C10H13N3OS2/c1-2-6(11)5-16-10-12-8(14)7-3-4-15-9(7)13-10/h3-4,6H,2,5,11H2,1H3,(H,12,13,14). The number of thiophene rings is 1. The van der Waals surface area contributed by atoms with E-state index in [0.29, 0.717) is 10.5 Å². The van der Waals surface area contributed by atoms with Crippen LogP contribution >= 0.6 is 23.1 Å². The first-order valence-electron chi connectivity index (χ1n) is 5.06. The lowest BCUT2D eigenvalue weighted by Crippen LogP contribution is -2.21. The summed E-state index contributed by atoms with van der Waals surface area (Å²) in [6.45, 7) is 2.05. The molecule has 0 spiro atoms. The zero-order valence-corrected chi connectivity index (χ0v) is 10.5. The van der Waals surface area contributed by atoms with E-state index in [4.69, 9.17) is 5.73 Å². The van der Waals surface area contributed by atoms with Gasteiger partial charge in [0.05, 0.1) is 5.39 Å². The quantitative estimate of drug-likeness (QED) is 0.645. The molecule has 2 rings (SSSR count). The molecule has 0 aliphatic heterocycles. The van der Waals surface area contributed by atoms with Gasteiger partial charge in [-0.15, -0.1) is 11.3 Å². The second-order valence-electron chi connectivity index (χ2n) is 3.49. The molecule has 6 heteroatoms. The van der Waals surface area contributed by atoms with Gasteiger partial charge in [-0.1, -0.05) is 18.7 Å². The Bertz CT molecular complexity index is 534. The molecule has 4 nitrogen and oxygen atoms in total. The van der Waals surface area contributed by atoms with Gasteiger partial charge in [-0.25, -0.2) is 4.98 Å². The molecule has 2 heterocycles. The Hall–Kier alpha value is -0.850. The smallest absolute Gasteiger partial charge is 0.260 e. The molecule has 2 aromatic heterocycles. The minimum absolute atomic E-state index is 0.0705. The Morgan fingerprint density at radius 3 is 3.25 bits per heavy atom. The van der Waals surface area contributed by atoms with Crippen LogP contribution in [-0.4, -0.2) is 21.8 Å². The van der Waals surface area contributed by atoms with Crippen molar-refractivity contribution in [3.63, 3.8) is 0 Å². The number of hydrogen-bond donors (Lipinski definition) is 2. The molecule has 0 saturated heterocycles. The van der Waals surface area contributed by atoms with Gasteiger partial charge in [-0.05, 0) is 17.9 Å². The van der Waals surface area contributed by atoms with Crippen LogP contribution < -0.4 is 11.3 Å². The first-order chi connectivity index (χ1) is 7.70. The zero-order chi connectivity index (χ0) is 11.5. The fraction of sp³-hybridized carbons (Fsp3) is 0.400. The summed E-state index contributed by atoms with van der Waals surface area (Å²) in [5.74, 6) is 0.774. The minimum atomic E-state index is -0.0705. The first-order valence-corrected chi connectivity index (χ1v) is 6.93. The highest BCUT2D eigenvalue weighted by Crippen LogP contribution is 2.19. The van der Waals surface area contributed by atoms with Crippen LogP contribution in [-0.2, 0) is 0 Å². The Kier molecular flexibility index (Phi) is 3.63. The molecule has 0 aliphatic carbocycles. The van der Waals surface area contributed by atoms with Crippen molar-refractivity contribution in [2.24, 2.45) is 5.73 Å². The van der Waals surface area contributed by atoms with Gasteiger partial charge >= 0.3 is 0 Å². The molecular weight excluding hydrogens is 242 g/mol. The van der Waals surface area contributed by atoms with Gasteiger partial charge in [0.15, 0.2) is 5.16 Å². The van der Waals surface area contributed by atoms with Crippen molar-refractivity contribution >= 4 is 33.3 Å². The van der Waals surface area contributed by atoms with E-state index >= 15 is 0 Å². The second-order valence-corrected chi connectivity index (χ2v) is 5.39. The summed E-state index contributed by atoms with van der Waals surface area (Å²) in [5, 5.41) is 3.19. The maximum Gasteiger partial charge on any atom is 0.260 e. The molecule has 0 amide bonds. The van der Waals surface area contributed by atoms with Crippen LogP contribution in [0.2, 0.25) is 0 Å². The van der Waals surface area contributed by atoms with Gasteiger partial charge in [-0.2, -0.15) is 0 Å². The Morgan fingerprint density at radius 2 is 2.50 bits per heavy atom. The van der Waals surface area contributed by atoms with E-state index in [1.54, 1.807) is 6.07 Å². The number of thioether (sulfide) groups is 1. The number of H-pyrrole nitrogens is 1. The van der Waals surface area contributed by atoms with Gasteiger partial charge in [0.25, 0.3) is 5.56 Å². The van der Waals surface area contributed by atoms with Gasteiger partial charge in [-0.3, -0.25) is 4.79 Å². The first kappa shape index (κ1) is 11.6. The van der Waals surface area contributed by atoms with E-state index < -0.39 is 0 Å². The van der Waals surface area contributed by atoms with E-state index in [2.05, 4.69) is 9.97 Å². The second kappa shape index (κ2) is 4.99. The molecule has 0 bridgehead atoms. The monoisotopic (exact) mass is 255 g/mol. The highest BCUT2D eigenvalue weighted by atomic mass is 32.2. The molecule has 0 saturated carbocycles. The normalized spacial score (nSPS) is 13.1. The van der Waals surface area contributed by atoms with Crippen LogP contribution in [0, 0.1) is 0 Å². The molecule has 16 heavy (non-hydrogen) atoms. The SMILES string of the molecule is CCC(N)CSc1nc2sccc2c(=O)[nH]1. The number of nitrogens with zero attached hydrogens (tertiary/aromatic N) is 1. The minimum Gasteiger partial charge on any atom is -0.327 e. The summed E-state index contributed by atoms with van der Waals surface area (Å²) < 4.78 is 0. The predicted molar refractivity (Wildman–Crippen MR) is 69.2 cm³/mol. The van der Waals surface area contributed by atoms with E-state index in [1.807, 2.05) is 12.3 Å². The topological polar surface area (TPSA) is 71.8 Å². The summed E-state index contributed by atoms with van der Waals surface area (Å²) in [4.78, 5) is 19.6. The third-order valence-electron chi connectivity index (χ3n) is 2.27. The van der Waals surface area contributed by atoms with Crippen LogP contribution in [0.3, 0.4) is 0 Å². The number of aromatic nitrogens is 2. The van der Waals surface area contributed by atoms with Crippen molar-refractivity contribution in [2.45, 2.75) is 24.5 Å². The largest absolute Gasteiger partial charge is 0.327 e. The van der Waals surface area contributed by atoms with E-state index in [1.165, 1.54) is 23.1 Å². The average molecular weight is 255 g/mol. The van der Waals surface area contributed by atoms with Crippen LogP contribution in [0.25, 0.3) is 10.2 Å². The molecule has 0 aliphatic rings. The summed E-state index contributed by atoms with van der Waals surface area (Å²) in [7, 11) is 0. The van der Waals surface area contributed by atoms with E-state index in [9.17, 15) is 4.79 Å². The van der Waals surface area contributed by atoms with Gasteiger partial charge in [0.2, 0.25) is 0 Å². The molecule has 86 valence electrons. The maximum absolute atomic E-state index is 11.6. The molecular formula is C10H13N3OS2. The summed E-state index contributed by atoms with van der Waals surface area (Å²) in [6.07, 6.45) is 0.929. The molecule has 3 N–H and O–H groups in total. The predicted octanol–water partition coefficient (Wildman–Crippen LogP) is 1.81. The van der Waals surface area contributed by atoms with E-state index in [-0.39, 0.29) is 11.6 Å². The fourth-order valence-electron chi connectivity index (χ4n) is 1.22. The molecule has 0 radical (unpaired) electrons. The highest BCUT2D eigenvalue weighted by Gasteiger charge is 2.06. The number of rotatable bonds is 4. The number of hydrogen-bond acceptors (Lipinski definition) is 5. The Balaban J connectivity index is 2.22. The summed E-state index contributed by atoms with van der Waals surface area (Å²) in [5.41, 5.74) is 5.74. The van der Waals surface area contributed by atoms with Crippen LogP contribution in [0.4, 0.5) is 0 Å². The Labute approximate surface area is 101 Å². The maximum atomic E-state index is 11.6. The lowest BCUT2D eigenvalue weighted by molar-refractivity contribution is 0.723. The fourth-order valence-corrected chi connectivity index (χ4v) is 2.97. The molecule has 2 aromatic rings. The van der Waals surface area contributed by atoms with E-state index in [0.717, 1.165) is 17.0 Å². The lowest BCUT2D eigenvalue weighted by atomic mass is 10.3. The van der Waals surface area contributed by atoms with Crippen LogP contribution in [0.15, 0.2) is 21.4 Å². The van der Waals surface area contributed by atoms with Crippen molar-refractivity contribution in [1.29, 1.82) is 0 Å². The molecule has 1 atom stereocenters. The van der Waals surface area contributed by atoms with Gasteiger partial charge < -0.3 is 10.7 Å². The van der Waals surface area contributed by atoms with Gasteiger partial charge in [0.1, 0.15) is 4.83 Å². The third kappa shape index (κ3) is 2.45. The highest BCUT2D eigenvalue weighted by molar-refractivity contribution is 7.99. The third-order valence-corrected chi connectivity index (χ3v) is 4.14. The number of fused-ring (bicyclic) bond motifs is 1. The molecule has 1 unspecified atom stereocenters. The summed E-state index contributed by atoms with van der Waals surface area (Å²) in [6, 6.07) is 1.94. The Morgan fingerprint density at radius 1 is 1.69 bits per heavy atom. The van der Waals surface area contributed by atoms with Crippen molar-refractivity contribution in [3.8, 4) is 0 Å². The van der Waals surface area contributed by atoms with Crippen LogP contribution in [0.1, 0.15) is 13.3 Å².